The Bertz CT molecular complexity index is 1110. The van der Waals surface area contributed by atoms with Crippen molar-refractivity contribution in [3.8, 4) is 5.75 Å². The molecule has 0 saturated carbocycles. The molecular weight excluding hydrogens is 452 g/mol. The van der Waals surface area contributed by atoms with E-state index in [-0.39, 0.29) is 30.0 Å². The summed E-state index contributed by atoms with van der Waals surface area (Å²) >= 11 is 0. The summed E-state index contributed by atoms with van der Waals surface area (Å²) in [6.07, 6.45) is 3.48. The number of amides is 2. The van der Waals surface area contributed by atoms with Crippen molar-refractivity contribution in [2.75, 3.05) is 26.7 Å². The Morgan fingerprint density at radius 3 is 2.22 bits per heavy atom. The monoisotopic (exact) mass is 486 g/mol. The van der Waals surface area contributed by atoms with E-state index in [9.17, 15) is 9.59 Å². The first-order chi connectivity index (χ1) is 17.5. The van der Waals surface area contributed by atoms with Crippen LogP contribution in [0.4, 0.5) is 0 Å². The highest BCUT2D eigenvalue weighted by Crippen LogP contribution is 2.33. The van der Waals surface area contributed by atoms with E-state index < -0.39 is 0 Å². The van der Waals surface area contributed by atoms with Crippen LogP contribution in [0.1, 0.15) is 47.8 Å². The van der Waals surface area contributed by atoms with Crippen LogP contribution in [-0.4, -0.2) is 65.4 Å². The normalized spacial score (nSPS) is 16.2. The Labute approximate surface area is 213 Å². The molecule has 0 radical (unpaired) electrons. The minimum Gasteiger partial charge on any atom is -0.489 e. The highest BCUT2D eigenvalue weighted by molar-refractivity contribution is 5.94. The van der Waals surface area contributed by atoms with Gasteiger partial charge in [0.2, 0.25) is 5.91 Å². The number of piperazine rings is 1. The topological polar surface area (TPSA) is 74.8 Å². The lowest BCUT2D eigenvalue weighted by Gasteiger charge is -2.45. The zero-order chi connectivity index (χ0) is 25.5. The van der Waals surface area contributed by atoms with Crippen LogP contribution in [0.3, 0.4) is 0 Å². The SMILES string of the molecule is CNC(=O)C[C@@H]1CN(C(=O)c2cncc(OC(C)C)c2)CCN1C(c1ccccc1)c1ccccc1. The van der Waals surface area contributed by atoms with Gasteiger partial charge in [-0.2, -0.15) is 0 Å². The van der Waals surface area contributed by atoms with Crippen LogP contribution in [0.15, 0.2) is 79.1 Å². The van der Waals surface area contributed by atoms with E-state index >= 15 is 0 Å². The molecule has 1 N–H and O–H groups in total. The van der Waals surface area contributed by atoms with Gasteiger partial charge in [-0.15, -0.1) is 0 Å². The predicted molar refractivity (Wildman–Crippen MR) is 140 cm³/mol. The quantitative estimate of drug-likeness (QED) is 0.522. The van der Waals surface area contributed by atoms with Gasteiger partial charge in [-0.3, -0.25) is 19.5 Å². The van der Waals surface area contributed by atoms with Crippen molar-refractivity contribution in [1.29, 1.82) is 0 Å². The summed E-state index contributed by atoms with van der Waals surface area (Å²) in [5, 5.41) is 2.76. The minimum absolute atomic E-state index is 0.00876. The summed E-state index contributed by atoms with van der Waals surface area (Å²) in [7, 11) is 1.65. The molecule has 0 bridgehead atoms. The van der Waals surface area contributed by atoms with E-state index in [2.05, 4.69) is 39.5 Å². The molecule has 2 heterocycles. The third kappa shape index (κ3) is 6.10. The van der Waals surface area contributed by atoms with E-state index in [1.165, 1.54) is 0 Å². The Kier molecular flexibility index (Phi) is 8.33. The number of hydrogen-bond acceptors (Lipinski definition) is 5. The van der Waals surface area contributed by atoms with Gasteiger partial charge in [0.25, 0.3) is 5.91 Å². The van der Waals surface area contributed by atoms with Crippen molar-refractivity contribution < 1.29 is 14.3 Å². The Morgan fingerprint density at radius 1 is 1.00 bits per heavy atom. The van der Waals surface area contributed by atoms with E-state index in [0.29, 0.717) is 37.4 Å². The summed E-state index contributed by atoms with van der Waals surface area (Å²) in [5.74, 6) is 0.423. The number of pyridine rings is 1. The number of carbonyl (C=O) groups excluding carboxylic acids is 2. The molecule has 0 unspecified atom stereocenters. The van der Waals surface area contributed by atoms with Gasteiger partial charge in [0, 0.05) is 45.3 Å². The molecule has 36 heavy (non-hydrogen) atoms. The molecule has 0 spiro atoms. The summed E-state index contributed by atoms with van der Waals surface area (Å²) in [6.45, 7) is 5.50. The maximum atomic E-state index is 13.5. The zero-order valence-corrected chi connectivity index (χ0v) is 21.1. The fourth-order valence-corrected chi connectivity index (χ4v) is 4.79. The van der Waals surface area contributed by atoms with Crippen molar-refractivity contribution in [3.63, 3.8) is 0 Å². The van der Waals surface area contributed by atoms with Gasteiger partial charge in [-0.25, -0.2) is 0 Å². The first-order valence-corrected chi connectivity index (χ1v) is 12.4. The zero-order valence-electron chi connectivity index (χ0n) is 21.1. The Morgan fingerprint density at radius 2 is 1.64 bits per heavy atom. The lowest BCUT2D eigenvalue weighted by Crippen LogP contribution is -2.56. The van der Waals surface area contributed by atoms with Crippen molar-refractivity contribution in [3.05, 3.63) is 95.8 Å². The molecule has 3 aromatic rings. The van der Waals surface area contributed by atoms with Crippen LogP contribution in [0.5, 0.6) is 5.75 Å². The van der Waals surface area contributed by atoms with Gasteiger partial charge in [-0.1, -0.05) is 60.7 Å². The highest BCUT2D eigenvalue weighted by Gasteiger charge is 2.36. The molecule has 1 atom stereocenters. The highest BCUT2D eigenvalue weighted by atomic mass is 16.5. The molecule has 1 saturated heterocycles. The van der Waals surface area contributed by atoms with Crippen LogP contribution < -0.4 is 10.1 Å². The molecular formula is C29H34N4O3. The molecule has 1 aliphatic heterocycles. The van der Waals surface area contributed by atoms with Crippen LogP contribution in [0, 0.1) is 0 Å². The number of aromatic nitrogens is 1. The second-order valence-electron chi connectivity index (χ2n) is 9.32. The number of hydrogen-bond donors (Lipinski definition) is 1. The van der Waals surface area contributed by atoms with Gasteiger partial charge in [-0.05, 0) is 31.0 Å². The smallest absolute Gasteiger partial charge is 0.255 e. The largest absolute Gasteiger partial charge is 0.489 e. The molecule has 4 rings (SSSR count). The number of carbonyl (C=O) groups is 2. The third-order valence-electron chi connectivity index (χ3n) is 6.41. The predicted octanol–water partition coefficient (Wildman–Crippen LogP) is 3.92. The summed E-state index contributed by atoms with van der Waals surface area (Å²) in [6, 6.07) is 22.2. The summed E-state index contributed by atoms with van der Waals surface area (Å²) in [5.41, 5.74) is 2.81. The molecule has 7 nitrogen and oxygen atoms in total. The lowest BCUT2D eigenvalue weighted by atomic mass is 9.93. The van der Waals surface area contributed by atoms with Crippen LogP contribution in [0.2, 0.25) is 0 Å². The molecule has 1 aromatic heterocycles. The van der Waals surface area contributed by atoms with Gasteiger partial charge < -0.3 is 15.0 Å². The average Bonchev–Trinajstić information content (AvgIpc) is 2.90. The first kappa shape index (κ1) is 25.4. The fourth-order valence-electron chi connectivity index (χ4n) is 4.79. The van der Waals surface area contributed by atoms with Gasteiger partial charge >= 0.3 is 0 Å². The van der Waals surface area contributed by atoms with Crippen molar-refractivity contribution in [1.82, 2.24) is 20.1 Å². The Balaban J connectivity index is 1.62. The lowest BCUT2D eigenvalue weighted by molar-refractivity contribution is -0.122. The standard InChI is InChI=1S/C29H34N4O3/c1-21(2)36-26-16-24(18-31-19-26)29(35)32-14-15-33(25(20-32)17-27(34)30-3)28(22-10-6-4-7-11-22)23-12-8-5-9-13-23/h4-13,16,18-19,21,25,28H,14-15,17,20H2,1-3H3,(H,30,34)/t25-/m1/s1. The Hall–Kier alpha value is -3.71. The van der Waals surface area contributed by atoms with Crippen molar-refractivity contribution in [2.45, 2.75) is 38.5 Å². The molecule has 1 aliphatic rings. The maximum absolute atomic E-state index is 13.5. The van der Waals surface area contributed by atoms with Gasteiger partial charge in [0.05, 0.1) is 23.9 Å². The number of nitrogens with zero attached hydrogens (tertiary/aromatic N) is 3. The van der Waals surface area contributed by atoms with E-state index in [0.717, 1.165) is 11.1 Å². The number of benzene rings is 2. The van der Waals surface area contributed by atoms with E-state index in [1.807, 2.05) is 55.1 Å². The number of nitrogens with one attached hydrogen (secondary N) is 1. The molecule has 2 aromatic carbocycles. The van der Waals surface area contributed by atoms with Gasteiger partial charge in [0.15, 0.2) is 0 Å². The first-order valence-electron chi connectivity index (χ1n) is 12.4. The van der Waals surface area contributed by atoms with Gasteiger partial charge in [0.1, 0.15) is 5.75 Å². The molecule has 188 valence electrons. The van der Waals surface area contributed by atoms with Crippen LogP contribution >= 0.6 is 0 Å². The molecule has 0 aliphatic carbocycles. The molecule has 7 heteroatoms. The molecule has 1 fully saturated rings. The fraction of sp³-hybridized carbons (Fsp3) is 0.345. The van der Waals surface area contributed by atoms with Crippen LogP contribution in [0.25, 0.3) is 0 Å². The van der Waals surface area contributed by atoms with Crippen molar-refractivity contribution in [2.24, 2.45) is 0 Å². The summed E-state index contributed by atoms with van der Waals surface area (Å²) in [4.78, 5) is 34.4. The minimum atomic E-state index is -0.156. The maximum Gasteiger partial charge on any atom is 0.255 e. The molecule has 2 amide bonds. The number of ether oxygens (including phenoxy) is 1. The number of rotatable bonds is 8. The second-order valence-corrected chi connectivity index (χ2v) is 9.32. The van der Waals surface area contributed by atoms with E-state index in [1.54, 1.807) is 25.5 Å². The van der Waals surface area contributed by atoms with Crippen LogP contribution in [-0.2, 0) is 4.79 Å². The summed E-state index contributed by atoms with van der Waals surface area (Å²) < 4.78 is 5.73. The van der Waals surface area contributed by atoms with E-state index in [4.69, 9.17) is 4.74 Å². The third-order valence-corrected chi connectivity index (χ3v) is 6.41. The average molecular weight is 487 g/mol. The van der Waals surface area contributed by atoms with Crippen molar-refractivity contribution >= 4 is 11.8 Å². The second kappa shape index (κ2) is 11.8.